The lowest BCUT2D eigenvalue weighted by Gasteiger charge is -2.33. The first kappa shape index (κ1) is 11.7. The number of hydrogen-bond donors (Lipinski definition) is 1. The average molecular weight is 260 g/mol. The summed E-state index contributed by atoms with van der Waals surface area (Å²) in [6.45, 7) is 4.66. The van der Waals surface area contributed by atoms with E-state index in [9.17, 15) is 4.79 Å². The molecular weight excluding hydrogens is 244 g/mol. The summed E-state index contributed by atoms with van der Waals surface area (Å²) < 4.78 is 1.18. The summed E-state index contributed by atoms with van der Waals surface area (Å²) in [5.41, 5.74) is 0.851. The van der Waals surface area contributed by atoms with Crippen molar-refractivity contribution >= 4 is 27.3 Å². The molecule has 1 amide bonds. The zero-order valence-electron chi connectivity index (χ0n) is 10.3. The van der Waals surface area contributed by atoms with Gasteiger partial charge in [-0.25, -0.2) is 0 Å². The second-order valence-corrected chi connectivity index (χ2v) is 5.61. The molecule has 0 saturated carbocycles. The topological polar surface area (TPSA) is 32.3 Å². The maximum Gasteiger partial charge on any atom is 0.255 e. The Labute approximate surface area is 110 Å². The summed E-state index contributed by atoms with van der Waals surface area (Å²) in [6, 6.07) is 8.38. The minimum absolute atomic E-state index is 0.168. The van der Waals surface area contributed by atoms with E-state index in [0.29, 0.717) is 0 Å². The predicted octanol–water partition coefficient (Wildman–Crippen LogP) is 2.34. The van der Waals surface area contributed by atoms with Crippen LogP contribution in [0.5, 0.6) is 0 Å². The van der Waals surface area contributed by atoms with Crippen LogP contribution in [0, 0.1) is 0 Å². The van der Waals surface area contributed by atoms with E-state index in [4.69, 9.17) is 0 Å². The average Bonchev–Trinajstić information content (AvgIpc) is 2.82. The predicted molar refractivity (Wildman–Crippen MR) is 75.2 cm³/mol. The van der Waals surface area contributed by atoms with Crippen LogP contribution in [-0.4, -0.2) is 36.5 Å². The third-order valence-electron chi connectivity index (χ3n) is 3.47. The molecule has 1 unspecified atom stereocenters. The molecule has 0 aliphatic carbocycles. The smallest absolute Gasteiger partial charge is 0.255 e. The molecule has 1 aromatic heterocycles. The van der Waals surface area contributed by atoms with Crippen LogP contribution in [0.1, 0.15) is 17.3 Å². The third kappa shape index (κ3) is 1.91. The van der Waals surface area contributed by atoms with Crippen LogP contribution in [0.4, 0.5) is 0 Å². The first-order valence-corrected chi connectivity index (χ1v) is 7.13. The second kappa shape index (κ2) is 4.71. The number of benzene rings is 1. The highest BCUT2D eigenvalue weighted by molar-refractivity contribution is 7.17. The normalized spacial score (nSPS) is 20.3. The minimum atomic E-state index is 0.168. The van der Waals surface area contributed by atoms with Crippen LogP contribution in [0.15, 0.2) is 29.6 Å². The van der Waals surface area contributed by atoms with E-state index in [1.165, 1.54) is 4.70 Å². The van der Waals surface area contributed by atoms with Gasteiger partial charge in [0.15, 0.2) is 0 Å². The summed E-state index contributed by atoms with van der Waals surface area (Å²) in [7, 11) is 0. The third-order valence-corrected chi connectivity index (χ3v) is 4.44. The highest BCUT2D eigenvalue weighted by Gasteiger charge is 2.25. The summed E-state index contributed by atoms with van der Waals surface area (Å²) >= 11 is 1.64. The molecule has 0 spiro atoms. The molecule has 2 aromatic rings. The van der Waals surface area contributed by atoms with Crippen LogP contribution in [0.3, 0.4) is 0 Å². The first-order chi connectivity index (χ1) is 8.77. The number of carbonyl (C=O) groups excluding carboxylic acids is 1. The second-order valence-electron chi connectivity index (χ2n) is 4.70. The Bertz CT molecular complexity index is 578. The monoisotopic (exact) mass is 260 g/mol. The zero-order valence-corrected chi connectivity index (χ0v) is 11.2. The van der Waals surface area contributed by atoms with Gasteiger partial charge in [-0.2, -0.15) is 0 Å². The highest BCUT2D eigenvalue weighted by atomic mass is 32.1. The number of fused-ring (bicyclic) bond motifs is 1. The van der Waals surface area contributed by atoms with Crippen molar-refractivity contribution in [3.63, 3.8) is 0 Å². The van der Waals surface area contributed by atoms with Crippen LogP contribution in [0.2, 0.25) is 0 Å². The number of amides is 1. The Morgan fingerprint density at radius 1 is 1.44 bits per heavy atom. The molecule has 2 heterocycles. The van der Waals surface area contributed by atoms with Gasteiger partial charge < -0.3 is 10.2 Å². The van der Waals surface area contributed by atoms with E-state index < -0.39 is 0 Å². The lowest BCUT2D eigenvalue weighted by Crippen LogP contribution is -2.52. The molecule has 1 fully saturated rings. The molecular formula is C14H16N2OS. The van der Waals surface area contributed by atoms with Gasteiger partial charge in [0.25, 0.3) is 5.91 Å². The first-order valence-electron chi connectivity index (χ1n) is 6.25. The molecule has 3 rings (SSSR count). The zero-order chi connectivity index (χ0) is 12.5. The van der Waals surface area contributed by atoms with Crippen molar-refractivity contribution < 1.29 is 4.79 Å². The molecule has 1 aromatic carbocycles. The maximum absolute atomic E-state index is 12.6. The van der Waals surface area contributed by atoms with Crippen molar-refractivity contribution in [3.8, 4) is 0 Å². The Balaban J connectivity index is 1.96. The van der Waals surface area contributed by atoms with Gasteiger partial charge in [0.1, 0.15) is 0 Å². The van der Waals surface area contributed by atoms with E-state index in [1.54, 1.807) is 11.3 Å². The largest absolute Gasteiger partial charge is 0.333 e. The van der Waals surface area contributed by atoms with Crippen molar-refractivity contribution in [1.82, 2.24) is 10.2 Å². The number of nitrogens with one attached hydrogen (secondary N) is 1. The molecule has 18 heavy (non-hydrogen) atoms. The fraction of sp³-hybridized carbons (Fsp3) is 0.357. The summed E-state index contributed by atoms with van der Waals surface area (Å²) in [6.07, 6.45) is 0. The van der Waals surface area contributed by atoms with Crippen molar-refractivity contribution in [1.29, 1.82) is 0 Å². The van der Waals surface area contributed by atoms with E-state index >= 15 is 0 Å². The van der Waals surface area contributed by atoms with Crippen molar-refractivity contribution in [3.05, 3.63) is 35.2 Å². The lowest BCUT2D eigenvalue weighted by atomic mass is 10.1. The van der Waals surface area contributed by atoms with Crippen LogP contribution >= 0.6 is 11.3 Å². The van der Waals surface area contributed by atoms with Gasteiger partial charge in [-0.1, -0.05) is 18.2 Å². The van der Waals surface area contributed by atoms with Gasteiger partial charge in [0.05, 0.1) is 5.56 Å². The van der Waals surface area contributed by atoms with Gasteiger partial charge in [0, 0.05) is 41.1 Å². The van der Waals surface area contributed by atoms with Gasteiger partial charge >= 0.3 is 0 Å². The lowest BCUT2D eigenvalue weighted by molar-refractivity contribution is 0.0658. The highest BCUT2D eigenvalue weighted by Crippen LogP contribution is 2.27. The molecule has 1 aliphatic heterocycles. The maximum atomic E-state index is 12.6. The minimum Gasteiger partial charge on any atom is -0.333 e. The quantitative estimate of drug-likeness (QED) is 0.853. The molecule has 1 atom stereocenters. The Hall–Kier alpha value is -1.39. The molecule has 4 heteroatoms. The van der Waals surface area contributed by atoms with Crippen molar-refractivity contribution in [2.75, 3.05) is 19.6 Å². The van der Waals surface area contributed by atoms with E-state index in [-0.39, 0.29) is 11.9 Å². The molecule has 0 radical (unpaired) electrons. The Morgan fingerprint density at radius 3 is 3.11 bits per heavy atom. The number of piperazine rings is 1. The molecule has 1 aliphatic rings. The summed E-state index contributed by atoms with van der Waals surface area (Å²) in [5, 5.41) is 6.38. The summed E-state index contributed by atoms with van der Waals surface area (Å²) in [4.78, 5) is 14.6. The molecule has 0 bridgehead atoms. The van der Waals surface area contributed by atoms with Crippen LogP contribution in [0.25, 0.3) is 10.1 Å². The van der Waals surface area contributed by atoms with Crippen LogP contribution < -0.4 is 5.32 Å². The Kier molecular flexibility index (Phi) is 3.06. The van der Waals surface area contributed by atoms with E-state index in [1.807, 2.05) is 28.5 Å². The van der Waals surface area contributed by atoms with Crippen molar-refractivity contribution in [2.45, 2.75) is 13.0 Å². The molecule has 94 valence electrons. The number of carbonyl (C=O) groups is 1. The fourth-order valence-corrected chi connectivity index (χ4v) is 3.38. The van der Waals surface area contributed by atoms with E-state index in [0.717, 1.165) is 30.6 Å². The molecule has 3 nitrogen and oxygen atoms in total. The number of hydrogen-bond acceptors (Lipinski definition) is 3. The van der Waals surface area contributed by atoms with Gasteiger partial charge in [-0.15, -0.1) is 11.3 Å². The SMILES string of the molecule is CC1CNCCN1C(=O)c1csc2ccccc12. The van der Waals surface area contributed by atoms with Crippen molar-refractivity contribution in [2.24, 2.45) is 0 Å². The van der Waals surface area contributed by atoms with Gasteiger partial charge in [0.2, 0.25) is 0 Å². The fourth-order valence-electron chi connectivity index (χ4n) is 2.44. The van der Waals surface area contributed by atoms with E-state index in [2.05, 4.69) is 18.3 Å². The van der Waals surface area contributed by atoms with Crippen LogP contribution in [-0.2, 0) is 0 Å². The molecule has 1 N–H and O–H groups in total. The molecule has 1 saturated heterocycles. The number of nitrogens with zero attached hydrogens (tertiary/aromatic N) is 1. The summed E-state index contributed by atoms with van der Waals surface area (Å²) in [5.74, 6) is 0.168. The standard InChI is InChI=1S/C14H16N2OS/c1-10-8-15-6-7-16(10)14(17)12-9-18-13-5-3-2-4-11(12)13/h2-5,9-10,15H,6-8H2,1H3. The number of thiophene rings is 1. The Morgan fingerprint density at radius 2 is 2.28 bits per heavy atom. The van der Waals surface area contributed by atoms with Gasteiger partial charge in [-0.05, 0) is 13.0 Å². The number of rotatable bonds is 1. The van der Waals surface area contributed by atoms with Gasteiger partial charge in [-0.3, -0.25) is 4.79 Å².